The van der Waals surface area contributed by atoms with Gasteiger partial charge in [0, 0.05) is 31.0 Å². The van der Waals surface area contributed by atoms with E-state index in [-0.39, 0.29) is 11.8 Å². The van der Waals surface area contributed by atoms with Crippen LogP contribution in [0.2, 0.25) is 0 Å². The van der Waals surface area contributed by atoms with Crippen molar-refractivity contribution >= 4 is 33.4 Å². The quantitative estimate of drug-likeness (QED) is 0.0567. The number of aliphatic hydroxyl groups is 1. The number of hydrogen-bond donors (Lipinski definition) is 3. The van der Waals surface area contributed by atoms with Crippen molar-refractivity contribution in [2.45, 2.75) is 104 Å². The lowest BCUT2D eigenvalue weighted by atomic mass is 9.83. The molecular weight excluding hydrogens is 537 g/mol. The van der Waals surface area contributed by atoms with E-state index in [2.05, 4.69) is 78.3 Å². The molecule has 2 amide bonds. The highest BCUT2D eigenvalue weighted by atomic mass is 33.1. The van der Waals surface area contributed by atoms with E-state index in [1.807, 2.05) is 20.8 Å². The van der Waals surface area contributed by atoms with Crippen LogP contribution in [0.1, 0.15) is 98.3 Å². The maximum absolute atomic E-state index is 12.0. The van der Waals surface area contributed by atoms with Gasteiger partial charge in [0.05, 0.1) is 0 Å². The van der Waals surface area contributed by atoms with Gasteiger partial charge in [0.2, 0.25) is 11.8 Å². The van der Waals surface area contributed by atoms with Gasteiger partial charge in [-0.15, -0.1) is 0 Å². The van der Waals surface area contributed by atoms with Gasteiger partial charge >= 0.3 is 0 Å². The van der Waals surface area contributed by atoms with Crippen LogP contribution in [0, 0.1) is 5.41 Å². The summed E-state index contributed by atoms with van der Waals surface area (Å²) in [6.45, 7) is 9.22. The molecule has 228 valence electrons. The average Bonchev–Trinajstić information content (AvgIpc) is 2.95. The molecule has 0 saturated heterocycles. The Kier molecular flexibility index (Phi) is 26.3. The first-order chi connectivity index (χ1) is 19.3. The van der Waals surface area contributed by atoms with Crippen molar-refractivity contribution < 1.29 is 14.7 Å². The van der Waals surface area contributed by atoms with Gasteiger partial charge in [-0.2, -0.15) is 0 Å². The Bertz CT molecular complexity index is 789. The fraction of sp³-hybridized carbons (Fsp3) is 0.636. The Balaban J connectivity index is 3.54. The lowest BCUT2D eigenvalue weighted by molar-refractivity contribution is -0.135. The third-order valence-electron chi connectivity index (χ3n) is 6.38. The molecule has 0 aromatic rings. The van der Waals surface area contributed by atoms with E-state index in [1.54, 1.807) is 21.6 Å². The van der Waals surface area contributed by atoms with E-state index in [9.17, 15) is 14.7 Å². The van der Waals surface area contributed by atoms with Crippen molar-refractivity contribution in [1.82, 2.24) is 10.6 Å². The number of unbranched alkanes of at least 4 members (excludes halogenated alkanes) is 2. The zero-order chi connectivity index (χ0) is 29.7. The molecular formula is C33H56N2O3S2. The Morgan fingerprint density at radius 2 is 1.27 bits per heavy atom. The second-order valence-corrected chi connectivity index (χ2v) is 13.0. The third kappa shape index (κ3) is 24.1. The molecule has 0 aliphatic rings. The van der Waals surface area contributed by atoms with Crippen LogP contribution < -0.4 is 10.6 Å². The highest BCUT2D eigenvalue weighted by Crippen LogP contribution is 2.25. The Morgan fingerprint density at radius 3 is 1.85 bits per heavy atom. The first-order valence-corrected chi connectivity index (χ1v) is 17.6. The van der Waals surface area contributed by atoms with Crippen molar-refractivity contribution in [3.05, 3.63) is 60.8 Å². The van der Waals surface area contributed by atoms with Crippen LogP contribution in [-0.2, 0) is 9.59 Å². The van der Waals surface area contributed by atoms with Gasteiger partial charge in [-0.1, -0.05) is 110 Å². The molecule has 0 spiro atoms. The summed E-state index contributed by atoms with van der Waals surface area (Å²) in [5.74, 6) is 1.75. The molecule has 40 heavy (non-hydrogen) atoms. The molecule has 7 heteroatoms. The minimum Gasteiger partial charge on any atom is -0.383 e. The molecule has 0 aliphatic carbocycles. The fourth-order valence-corrected chi connectivity index (χ4v) is 5.38. The van der Waals surface area contributed by atoms with Gasteiger partial charge in [0.25, 0.3) is 0 Å². The molecule has 0 aliphatic heterocycles. The second-order valence-electron chi connectivity index (χ2n) is 10.3. The summed E-state index contributed by atoms with van der Waals surface area (Å²) in [7, 11) is 3.57. The minimum absolute atomic E-state index is 0.127. The SMILES string of the molecule is CC/C=C\C/C=C\C/C=C\C/C=C\C/C=C\CCCC(=O)NCCSSCCCCNC(=O)[C@H](O)C(C)(C)CC. The third-order valence-corrected chi connectivity index (χ3v) is 8.87. The summed E-state index contributed by atoms with van der Waals surface area (Å²) in [5, 5.41) is 15.9. The number of aliphatic hydroxyl groups excluding tert-OH is 1. The summed E-state index contributed by atoms with van der Waals surface area (Å²) in [4.78, 5) is 24.0. The number of rotatable bonds is 25. The summed E-state index contributed by atoms with van der Waals surface area (Å²) in [6, 6.07) is 0. The van der Waals surface area contributed by atoms with Gasteiger partial charge in [-0.3, -0.25) is 9.59 Å². The van der Waals surface area contributed by atoms with Crippen molar-refractivity contribution in [3.8, 4) is 0 Å². The molecule has 3 N–H and O–H groups in total. The summed E-state index contributed by atoms with van der Waals surface area (Å²) in [6.07, 6.45) is 31.0. The van der Waals surface area contributed by atoms with E-state index in [0.717, 1.165) is 75.7 Å². The average molecular weight is 593 g/mol. The van der Waals surface area contributed by atoms with Crippen LogP contribution in [-0.4, -0.2) is 47.6 Å². The number of nitrogens with one attached hydrogen (secondary N) is 2. The topological polar surface area (TPSA) is 78.4 Å². The van der Waals surface area contributed by atoms with Crippen LogP contribution in [0.5, 0.6) is 0 Å². The van der Waals surface area contributed by atoms with Crippen LogP contribution >= 0.6 is 21.6 Å². The number of allylic oxidation sites excluding steroid dienone is 10. The van der Waals surface area contributed by atoms with E-state index >= 15 is 0 Å². The van der Waals surface area contributed by atoms with Crippen molar-refractivity contribution in [2.24, 2.45) is 5.41 Å². The van der Waals surface area contributed by atoms with Gasteiger partial charge in [-0.25, -0.2) is 0 Å². The van der Waals surface area contributed by atoms with Crippen molar-refractivity contribution in [2.75, 3.05) is 24.6 Å². The van der Waals surface area contributed by atoms with Crippen molar-refractivity contribution in [1.29, 1.82) is 0 Å². The highest BCUT2D eigenvalue weighted by Gasteiger charge is 2.31. The number of hydrogen-bond acceptors (Lipinski definition) is 5. The molecule has 0 unspecified atom stereocenters. The Hall–Kier alpha value is -1.70. The monoisotopic (exact) mass is 592 g/mol. The molecule has 0 fully saturated rings. The first kappa shape index (κ1) is 38.3. The Labute approximate surface area is 253 Å². The molecule has 5 nitrogen and oxygen atoms in total. The van der Waals surface area contributed by atoms with Crippen LogP contribution in [0.15, 0.2) is 60.8 Å². The molecule has 1 atom stereocenters. The smallest absolute Gasteiger partial charge is 0.249 e. The van der Waals surface area contributed by atoms with E-state index < -0.39 is 11.5 Å². The Morgan fingerprint density at radius 1 is 0.725 bits per heavy atom. The molecule has 0 aromatic heterocycles. The second kappa shape index (κ2) is 27.5. The minimum atomic E-state index is -0.962. The number of carbonyl (C=O) groups is 2. The normalized spacial score (nSPS) is 13.4. The standard InChI is InChI=1S/C33H56N2O3S2/c1-5-7-8-9-10-11-12-13-14-15-16-17-18-19-20-21-22-25-30(36)34-27-29-40-39-28-24-23-26-35-32(38)31(37)33(3,4)6-2/h7-8,10-11,13-14,16-17,19-20,31,37H,5-6,9,12,15,18,21-29H2,1-4H3,(H,34,36)(H,35,38)/b8-7-,11-10-,14-13-,17-16-,20-19-/t31-/m0/s1. The van der Waals surface area contributed by atoms with Crippen LogP contribution in [0.25, 0.3) is 0 Å². The maximum atomic E-state index is 12.0. The molecule has 0 saturated carbocycles. The van der Waals surface area contributed by atoms with Gasteiger partial charge in [-0.05, 0) is 69.6 Å². The lowest BCUT2D eigenvalue weighted by Gasteiger charge is -2.28. The number of carbonyl (C=O) groups excluding carboxylic acids is 2. The van der Waals surface area contributed by atoms with E-state index in [0.29, 0.717) is 19.5 Å². The van der Waals surface area contributed by atoms with Gasteiger partial charge in [0.1, 0.15) is 6.10 Å². The molecule has 0 bridgehead atoms. The van der Waals surface area contributed by atoms with Crippen LogP contribution in [0.3, 0.4) is 0 Å². The molecule has 0 heterocycles. The molecule has 0 rings (SSSR count). The summed E-state index contributed by atoms with van der Waals surface area (Å²) >= 11 is 0. The predicted octanol–water partition coefficient (Wildman–Crippen LogP) is 8.10. The van der Waals surface area contributed by atoms with Crippen molar-refractivity contribution in [3.63, 3.8) is 0 Å². The van der Waals surface area contributed by atoms with E-state index in [1.165, 1.54) is 0 Å². The van der Waals surface area contributed by atoms with Gasteiger partial charge < -0.3 is 15.7 Å². The summed E-state index contributed by atoms with van der Waals surface area (Å²) in [5.41, 5.74) is -0.401. The predicted molar refractivity (Wildman–Crippen MR) is 179 cm³/mol. The summed E-state index contributed by atoms with van der Waals surface area (Å²) < 4.78 is 0. The van der Waals surface area contributed by atoms with Gasteiger partial charge in [0.15, 0.2) is 0 Å². The van der Waals surface area contributed by atoms with Crippen LogP contribution in [0.4, 0.5) is 0 Å². The zero-order valence-electron chi connectivity index (χ0n) is 25.5. The lowest BCUT2D eigenvalue weighted by Crippen LogP contribution is -2.43. The largest absolute Gasteiger partial charge is 0.383 e. The number of amides is 2. The zero-order valence-corrected chi connectivity index (χ0v) is 27.2. The first-order valence-electron chi connectivity index (χ1n) is 15.1. The fourth-order valence-electron chi connectivity index (χ4n) is 3.33. The molecule has 0 radical (unpaired) electrons. The highest BCUT2D eigenvalue weighted by molar-refractivity contribution is 8.76. The molecule has 0 aromatic carbocycles. The van der Waals surface area contributed by atoms with E-state index in [4.69, 9.17) is 0 Å². The maximum Gasteiger partial charge on any atom is 0.249 e.